The van der Waals surface area contributed by atoms with Crippen molar-refractivity contribution in [2.75, 3.05) is 80.8 Å². The third kappa shape index (κ3) is 24.3. The fraction of sp³-hybridized carbons (Fsp3) is 0.758. The minimum atomic E-state index is -0.0139. The van der Waals surface area contributed by atoms with E-state index in [9.17, 15) is 0 Å². The van der Waals surface area contributed by atoms with Crippen molar-refractivity contribution < 1.29 is 18.9 Å². The van der Waals surface area contributed by atoms with Crippen LogP contribution < -0.4 is 0 Å². The normalized spacial score (nSPS) is 24.5. The zero-order chi connectivity index (χ0) is 58.5. The Kier molecular flexibility index (Phi) is 28.8. The summed E-state index contributed by atoms with van der Waals surface area (Å²) < 4.78 is 32.4. The third-order valence-corrected chi connectivity index (χ3v) is 15.9. The zero-order valence-corrected chi connectivity index (χ0v) is 53.7. The van der Waals surface area contributed by atoms with Gasteiger partial charge in [0, 0.05) is 63.2 Å². The summed E-state index contributed by atoms with van der Waals surface area (Å²) in [6, 6.07) is 19.2. The molecular weight excluding hydrogens is 997 g/mol. The molecule has 8 atom stereocenters. The molecule has 0 unspecified atom stereocenters. The molecule has 0 N–H and O–H groups in total. The number of ether oxygens (including phenoxy) is 4. The summed E-state index contributed by atoms with van der Waals surface area (Å²) in [5.74, 6) is 5.18. The molecule has 14 heteroatoms. The Hall–Kier alpha value is -3.60. The summed E-state index contributed by atoms with van der Waals surface area (Å²) in [5, 5.41) is 9.15. The van der Waals surface area contributed by atoms with E-state index in [1.54, 1.807) is 12.7 Å². The predicted octanol–water partition coefficient (Wildman–Crippen LogP) is 11.1. The van der Waals surface area contributed by atoms with Crippen LogP contribution in [0.15, 0.2) is 61.2 Å². The molecule has 80 heavy (non-hydrogen) atoms. The highest BCUT2D eigenvalue weighted by molar-refractivity contribution is 5.25. The van der Waals surface area contributed by atoms with E-state index < -0.39 is 0 Å². The first-order valence-electron chi connectivity index (χ1n) is 31.2. The smallest absolute Gasteiger partial charge is 0.138 e. The molecule has 14 nitrogen and oxygen atoms in total. The van der Waals surface area contributed by atoms with Crippen LogP contribution in [0.2, 0.25) is 0 Å². The molecule has 2 aromatic carbocycles. The summed E-state index contributed by atoms with van der Waals surface area (Å²) >= 11 is 0. The van der Waals surface area contributed by atoms with Crippen LogP contribution in [0, 0.1) is 35.5 Å². The third-order valence-electron chi connectivity index (χ3n) is 15.9. The molecule has 4 aromatic rings. The van der Waals surface area contributed by atoms with Crippen LogP contribution in [-0.2, 0) is 57.7 Å². The molecule has 0 aliphatic carbocycles. The van der Waals surface area contributed by atoms with Gasteiger partial charge in [-0.1, -0.05) is 132 Å². The minimum absolute atomic E-state index is 0.0139. The zero-order valence-electron chi connectivity index (χ0n) is 53.7. The van der Waals surface area contributed by atoms with Crippen molar-refractivity contribution in [2.45, 2.75) is 210 Å². The Bertz CT molecular complexity index is 2090. The number of hydrogen-bond donors (Lipinski definition) is 0. The lowest BCUT2D eigenvalue weighted by Gasteiger charge is -2.37. The van der Waals surface area contributed by atoms with Crippen LogP contribution in [-0.4, -0.2) is 179 Å². The van der Waals surface area contributed by atoms with Crippen LogP contribution in [0.1, 0.15) is 157 Å². The van der Waals surface area contributed by atoms with Crippen LogP contribution >= 0.6 is 0 Å². The van der Waals surface area contributed by atoms with Crippen molar-refractivity contribution in [3.05, 3.63) is 95.1 Å². The van der Waals surface area contributed by atoms with E-state index in [1.165, 1.54) is 22.3 Å². The number of benzene rings is 2. The lowest BCUT2D eigenvalue weighted by Crippen LogP contribution is -2.47. The number of rotatable bonds is 20. The van der Waals surface area contributed by atoms with Crippen LogP contribution in [0.25, 0.3) is 0 Å². The van der Waals surface area contributed by atoms with E-state index >= 15 is 0 Å². The summed E-state index contributed by atoms with van der Waals surface area (Å²) in [4.78, 5) is 19.2. The standard InChI is InChI=1S/C66H114N10O4/c1-47(2)27-59-41-77-53(13)35-71(15)62(30-50(7)8)44-80-64(34-56-21-25-58(26-22-56)38-76-66(32-52(11)12)68-46-70-76)40-74(18)60(28-48(3)4)42-78-54(14)36-72(16)61(29-49(5)6)43-79-63(39-73(59)17)33-55-19-23-57(24-20-55)37-75-65(31-51(9)10)67-45-69-75/h19-26,45-54,59-64H,27-44H2,1-18H3/t53-,54-,59+,60+,61+,62+,63-,64-/m1/s1. The van der Waals surface area contributed by atoms with Crippen molar-refractivity contribution in [2.24, 2.45) is 35.5 Å². The molecular formula is C66H114N10O4. The van der Waals surface area contributed by atoms with Crippen molar-refractivity contribution in [1.29, 1.82) is 0 Å². The Morgan fingerprint density at radius 3 is 0.988 bits per heavy atom. The van der Waals surface area contributed by atoms with Gasteiger partial charge in [-0.2, -0.15) is 10.2 Å². The Morgan fingerprint density at radius 2 is 0.688 bits per heavy atom. The van der Waals surface area contributed by atoms with Gasteiger partial charge in [-0.15, -0.1) is 0 Å². The molecule has 1 aliphatic rings. The molecule has 3 heterocycles. The molecule has 0 bridgehead atoms. The number of nitrogens with zero attached hydrogens (tertiary/aromatic N) is 10. The largest absolute Gasteiger partial charge is 0.376 e. The molecule has 0 radical (unpaired) electrons. The monoisotopic (exact) mass is 1110 g/mol. The fourth-order valence-electron chi connectivity index (χ4n) is 11.6. The van der Waals surface area contributed by atoms with Crippen LogP contribution in [0.4, 0.5) is 0 Å². The van der Waals surface area contributed by atoms with Gasteiger partial charge in [-0.3, -0.25) is 19.6 Å². The Labute approximate surface area is 487 Å². The second-order valence-corrected chi connectivity index (χ2v) is 27.0. The van der Waals surface area contributed by atoms with Gasteiger partial charge in [0.05, 0.1) is 63.9 Å². The number of aromatic nitrogens is 6. The van der Waals surface area contributed by atoms with Crippen molar-refractivity contribution in [1.82, 2.24) is 49.1 Å². The highest BCUT2D eigenvalue weighted by Crippen LogP contribution is 2.23. The van der Waals surface area contributed by atoms with E-state index in [2.05, 4.69) is 213 Å². The molecule has 0 saturated carbocycles. The first-order valence-corrected chi connectivity index (χ1v) is 31.2. The minimum Gasteiger partial charge on any atom is -0.376 e. The Morgan fingerprint density at radius 1 is 0.400 bits per heavy atom. The maximum absolute atomic E-state index is 7.23. The van der Waals surface area contributed by atoms with E-state index in [1.807, 2.05) is 9.36 Å². The van der Waals surface area contributed by atoms with E-state index in [0.717, 1.165) is 89.2 Å². The Balaban J connectivity index is 1.40. The van der Waals surface area contributed by atoms with E-state index in [4.69, 9.17) is 18.9 Å². The van der Waals surface area contributed by atoms with E-state index in [-0.39, 0.29) is 48.6 Å². The van der Waals surface area contributed by atoms with Gasteiger partial charge in [-0.25, -0.2) is 19.3 Å². The van der Waals surface area contributed by atoms with Gasteiger partial charge >= 0.3 is 0 Å². The van der Waals surface area contributed by atoms with Crippen LogP contribution in [0.3, 0.4) is 0 Å². The summed E-state index contributed by atoms with van der Waals surface area (Å²) in [5.41, 5.74) is 5.01. The average Bonchev–Trinajstić information content (AvgIpc) is 4.01. The van der Waals surface area contributed by atoms with Gasteiger partial charge in [0.25, 0.3) is 0 Å². The molecule has 5 rings (SSSR count). The number of hydrogen-bond acceptors (Lipinski definition) is 12. The van der Waals surface area contributed by atoms with Crippen LogP contribution in [0.5, 0.6) is 0 Å². The molecule has 1 saturated heterocycles. The first-order chi connectivity index (χ1) is 38.0. The molecule has 1 aliphatic heterocycles. The van der Waals surface area contributed by atoms with Crippen molar-refractivity contribution in [3.8, 4) is 0 Å². The topological polar surface area (TPSA) is 111 Å². The maximum Gasteiger partial charge on any atom is 0.138 e. The summed E-state index contributed by atoms with van der Waals surface area (Å²) in [6.07, 6.45) is 11.1. The molecule has 452 valence electrons. The van der Waals surface area contributed by atoms with Crippen molar-refractivity contribution in [3.63, 3.8) is 0 Å². The van der Waals surface area contributed by atoms with Gasteiger partial charge in [0.1, 0.15) is 24.3 Å². The summed E-state index contributed by atoms with van der Waals surface area (Å²) in [7, 11) is 9.11. The SMILES string of the molecule is CC(C)Cc1ncnn1Cc1ccc(C[C@@H]2CN(C)[C@@H](CC(C)C)CO[C@H](C)CN(C)[C@@H](CC(C)C)CO[C@H](Cc3ccc(Cn4ncnc4CC(C)C)cc3)CN(C)[C@@H](CC(C)C)CO[C@H](C)CN(C)[C@@H](CC(C)C)CO2)cc1. The highest BCUT2D eigenvalue weighted by atomic mass is 16.5. The molecule has 2 aromatic heterocycles. The summed E-state index contributed by atoms with van der Waals surface area (Å²) in [6.45, 7) is 39.4. The van der Waals surface area contributed by atoms with E-state index in [0.29, 0.717) is 75.0 Å². The van der Waals surface area contributed by atoms with Gasteiger partial charge in [-0.05, 0) is 138 Å². The lowest BCUT2D eigenvalue weighted by atomic mass is 10.0. The fourth-order valence-corrected chi connectivity index (χ4v) is 11.6. The highest BCUT2D eigenvalue weighted by Gasteiger charge is 2.29. The maximum atomic E-state index is 7.23. The van der Waals surface area contributed by atoms with Crippen molar-refractivity contribution >= 4 is 0 Å². The quantitative estimate of drug-likeness (QED) is 0.0840. The van der Waals surface area contributed by atoms with Gasteiger partial charge < -0.3 is 18.9 Å². The lowest BCUT2D eigenvalue weighted by molar-refractivity contribution is -0.0536. The van der Waals surface area contributed by atoms with Gasteiger partial charge in [0.15, 0.2) is 0 Å². The molecule has 0 spiro atoms. The van der Waals surface area contributed by atoms with Gasteiger partial charge in [0.2, 0.25) is 0 Å². The second-order valence-electron chi connectivity index (χ2n) is 27.0. The predicted molar refractivity (Wildman–Crippen MR) is 329 cm³/mol. The average molecular weight is 1110 g/mol. The molecule has 1 fully saturated rings. The second kappa shape index (κ2) is 34.2. The molecule has 0 amide bonds. The first kappa shape index (κ1) is 67.2. The number of likely N-dealkylation sites (N-methyl/N-ethyl adjacent to an activating group) is 4.